The van der Waals surface area contributed by atoms with E-state index in [-0.39, 0.29) is 0 Å². The average Bonchev–Trinajstić information content (AvgIpc) is 2.33. The topological polar surface area (TPSA) is 29.3 Å². The van der Waals surface area contributed by atoms with Crippen LogP contribution in [0.15, 0.2) is 18.2 Å². The van der Waals surface area contributed by atoms with Crippen molar-refractivity contribution in [2.45, 2.75) is 40.2 Å². The molecule has 1 heterocycles. The van der Waals surface area contributed by atoms with E-state index in [1.807, 2.05) is 12.1 Å². The fraction of sp³-hybridized carbons (Fsp3) is 0.562. The molecule has 2 nitrogen and oxygen atoms in total. The van der Waals surface area contributed by atoms with Gasteiger partial charge in [-0.1, -0.05) is 38.2 Å². The summed E-state index contributed by atoms with van der Waals surface area (Å²) in [6.07, 6.45) is 1.30. The Balaban J connectivity index is 2.48. The molecular weight excluding hydrogens is 252 g/mol. The third kappa shape index (κ3) is 2.76. The van der Waals surface area contributed by atoms with Crippen LogP contribution >= 0.6 is 12.2 Å². The molecule has 0 saturated carbocycles. The molecule has 0 aromatic heterocycles. The zero-order chi connectivity index (χ0) is 14.2. The largest absolute Gasteiger partial charge is 0.389 e. The summed E-state index contributed by atoms with van der Waals surface area (Å²) in [7, 11) is 0. The number of anilines is 1. The number of para-hydroxylation sites is 1. The summed E-state index contributed by atoms with van der Waals surface area (Å²) in [5, 5.41) is 0. The first-order chi connectivity index (χ1) is 8.91. The maximum absolute atomic E-state index is 5.91. The highest BCUT2D eigenvalue weighted by molar-refractivity contribution is 7.80. The van der Waals surface area contributed by atoms with Gasteiger partial charge in [-0.15, -0.1) is 0 Å². The minimum absolute atomic E-state index is 0.497. The van der Waals surface area contributed by atoms with Crippen LogP contribution in [0.4, 0.5) is 5.69 Å². The van der Waals surface area contributed by atoms with Gasteiger partial charge in [-0.05, 0) is 43.7 Å². The van der Waals surface area contributed by atoms with E-state index < -0.39 is 0 Å². The lowest BCUT2D eigenvalue weighted by Crippen LogP contribution is -2.46. The molecule has 1 aromatic carbocycles. The first kappa shape index (κ1) is 14.3. The fourth-order valence-electron chi connectivity index (χ4n) is 3.25. The number of hydrogen-bond donors (Lipinski definition) is 1. The first-order valence-corrected chi connectivity index (χ1v) is 7.48. The number of aryl methyl sites for hydroxylation is 1. The number of piperidine rings is 1. The molecule has 0 aliphatic carbocycles. The quantitative estimate of drug-likeness (QED) is 0.838. The molecule has 2 rings (SSSR count). The maximum Gasteiger partial charge on any atom is 0.106 e. The summed E-state index contributed by atoms with van der Waals surface area (Å²) >= 11 is 5.23. The molecule has 0 amide bonds. The van der Waals surface area contributed by atoms with E-state index in [2.05, 4.69) is 38.7 Å². The van der Waals surface area contributed by atoms with Gasteiger partial charge in [0.25, 0.3) is 0 Å². The number of nitrogens with two attached hydrogens (primary N) is 1. The van der Waals surface area contributed by atoms with Gasteiger partial charge >= 0.3 is 0 Å². The molecule has 3 unspecified atom stereocenters. The van der Waals surface area contributed by atoms with E-state index in [1.54, 1.807) is 0 Å². The monoisotopic (exact) mass is 276 g/mol. The van der Waals surface area contributed by atoms with Gasteiger partial charge in [0.15, 0.2) is 0 Å². The van der Waals surface area contributed by atoms with Gasteiger partial charge in [-0.3, -0.25) is 0 Å². The second kappa shape index (κ2) is 5.49. The molecule has 1 fully saturated rings. The Morgan fingerprint density at radius 1 is 1.32 bits per heavy atom. The van der Waals surface area contributed by atoms with Crippen LogP contribution in [0.3, 0.4) is 0 Å². The highest BCUT2D eigenvalue weighted by Gasteiger charge is 2.31. The van der Waals surface area contributed by atoms with Crippen LogP contribution in [0.2, 0.25) is 0 Å². The maximum atomic E-state index is 5.91. The summed E-state index contributed by atoms with van der Waals surface area (Å²) in [6, 6.07) is 6.76. The Morgan fingerprint density at radius 3 is 2.63 bits per heavy atom. The van der Waals surface area contributed by atoms with Gasteiger partial charge in [0, 0.05) is 18.2 Å². The Morgan fingerprint density at radius 2 is 2.00 bits per heavy atom. The van der Waals surface area contributed by atoms with E-state index in [0.29, 0.717) is 22.9 Å². The Labute approximate surface area is 122 Å². The molecule has 1 aliphatic rings. The fourth-order valence-corrected chi connectivity index (χ4v) is 3.41. The Kier molecular flexibility index (Phi) is 4.14. The van der Waals surface area contributed by atoms with Crippen molar-refractivity contribution < 1.29 is 0 Å². The summed E-state index contributed by atoms with van der Waals surface area (Å²) < 4.78 is 0. The molecule has 1 saturated heterocycles. The lowest BCUT2D eigenvalue weighted by molar-refractivity contribution is 0.296. The predicted octanol–water partition coefficient (Wildman–Crippen LogP) is 3.50. The summed E-state index contributed by atoms with van der Waals surface area (Å²) in [5.41, 5.74) is 9.43. The number of hydrogen-bond acceptors (Lipinski definition) is 2. The van der Waals surface area contributed by atoms with Crippen LogP contribution in [0.25, 0.3) is 0 Å². The lowest BCUT2D eigenvalue weighted by atomic mass is 9.85. The van der Waals surface area contributed by atoms with Crippen LogP contribution in [0.5, 0.6) is 0 Å². The predicted molar refractivity (Wildman–Crippen MR) is 86.8 cm³/mol. The molecular formula is C16H24N2S. The van der Waals surface area contributed by atoms with Crippen molar-refractivity contribution in [1.29, 1.82) is 0 Å². The van der Waals surface area contributed by atoms with Crippen molar-refractivity contribution in [2.75, 3.05) is 11.4 Å². The number of benzene rings is 1. The van der Waals surface area contributed by atoms with Gasteiger partial charge in [-0.2, -0.15) is 0 Å². The Hall–Kier alpha value is -1.09. The highest BCUT2D eigenvalue weighted by atomic mass is 32.1. The van der Waals surface area contributed by atoms with Gasteiger partial charge < -0.3 is 10.6 Å². The third-order valence-corrected chi connectivity index (χ3v) is 4.61. The van der Waals surface area contributed by atoms with E-state index in [0.717, 1.165) is 12.1 Å². The number of thiocarbonyl (C=S) groups is 1. The molecule has 0 spiro atoms. The van der Waals surface area contributed by atoms with Crippen molar-refractivity contribution >= 4 is 22.9 Å². The highest BCUT2D eigenvalue weighted by Crippen LogP contribution is 2.35. The number of rotatable bonds is 2. The molecule has 19 heavy (non-hydrogen) atoms. The van der Waals surface area contributed by atoms with Crippen molar-refractivity contribution in [3.8, 4) is 0 Å². The van der Waals surface area contributed by atoms with Crippen LogP contribution in [-0.4, -0.2) is 17.6 Å². The normalized spacial score (nSPS) is 27.4. The minimum atomic E-state index is 0.497. The van der Waals surface area contributed by atoms with Crippen molar-refractivity contribution in [3.63, 3.8) is 0 Å². The zero-order valence-electron chi connectivity index (χ0n) is 12.3. The Bertz CT molecular complexity index is 484. The molecule has 1 aliphatic heterocycles. The van der Waals surface area contributed by atoms with Gasteiger partial charge in [0.2, 0.25) is 0 Å². The van der Waals surface area contributed by atoms with Crippen molar-refractivity contribution in [3.05, 3.63) is 29.3 Å². The second-order valence-corrected chi connectivity index (χ2v) is 6.49. The van der Waals surface area contributed by atoms with E-state index in [4.69, 9.17) is 18.0 Å². The first-order valence-electron chi connectivity index (χ1n) is 7.07. The third-order valence-electron chi connectivity index (χ3n) is 4.39. The molecule has 1 aromatic rings. The van der Waals surface area contributed by atoms with Gasteiger partial charge in [0.1, 0.15) is 4.99 Å². The van der Waals surface area contributed by atoms with Crippen molar-refractivity contribution in [1.82, 2.24) is 0 Å². The molecule has 104 valence electrons. The summed E-state index contributed by atoms with van der Waals surface area (Å²) in [5.74, 6) is 1.41. The molecule has 2 N–H and O–H groups in total. The van der Waals surface area contributed by atoms with Gasteiger partial charge in [-0.25, -0.2) is 0 Å². The minimum Gasteiger partial charge on any atom is -0.389 e. The molecule has 3 atom stereocenters. The van der Waals surface area contributed by atoms with Crippen LogP contribution in [0, 0.1) is 18.8 Å². The standard InChI is InChI=1S/C16H24N2S/c1-10-8-12(3)13(4)18(9-10)15-11(2)6-5-7-14(15)16(17)19/h5-7,10,12-13H,8-9H2,1-4H3,(H2,17,19). The van der Waals surface area contributed by atoms with Gasteiger partial charge in [0.05, 0.1) is 5.69 Å². The van der Waals surface area contributed by atoms with E-state index in [9.17, 15) is 0 Å². The zero-order valence-corrected chi connectivity index (χ0v) is 13.1. The summed E-state index contributed by atoms with van der Waals surface area (Å²) in [4.78, 5) is 3.00. The number of nitrogens with zero attached hydrogens (tertiary/aromatic N) is 1. The molecule has 0 bridgehead atoms. The van der Waals surface area contributed by atoms with Crippen LogP contribution in [0.1, 0.15) is 38.3 Å². The SMILES string of the molecule is Cc1cccc(C(N)=S)c1N1CC(C)CC(C)C1C. The van der Waals surface area contributed by atoms with E-state index >= 15 is 0 Å². The molecule has 3 heteroatoms. The van der Waals surface area contributed by atoms with Crippen LogP contribution in [-0.2, 0) is 0 Å². The van der Waals surface area contributed by atoms with Crippen LogP contribution < -0.4 is 10.6 Å². The molecule has 0 radical (unpaired) electrons. The second-order valence-electron chi connectivity index (χ2n) is 6.05. The summed E-state index contributed by atoms with van der Waals surface area (Å²) in [6.45, 7) is 10.2. The van der Waals surface area contributed by atoms with E-state index in [1.165, 1.54) is 17.7 Å². The average molecular weight is 276 g/mol. The lowest BCUT2D eigenvalue weighted by Gasteiger charge is -2.44. The van der Waals surface area contributed by atoms with Crippen molar-refractivity contribution in [2.24, 2.45) is 17.6 Å². The smallest absolute Gasteiger partial charge is 0.106 e.